The maximum atomic E-state index is 12.1. The van der Waals surface area contributed by atoms with Crippen molar-refractivity contribution in [2.75, 3.05) is 5.75 Å². The van der Waals surface area contributed by atoms with E-state index in [1.807, 2.05) is 11.6 Å². The Hall–Kier alpha value is -1.54. The molecule has 0 atom stereocenters. The van der Waals surface area contributed by atoms with Gasteiger partial charge in [-0.05, 0) is 37.1 Å². The van der Waals surface area contributed by atoms with E-state index >= 15 is 0 Å². The van der Waals surface area contributed by atoms with E-state index in [0.29, 0.717) is 34.5 Å². The van der Waals surface area contributed by atoms with Gasteiger partial charge in [-0.15, -0.1) is 0 Å². The lowest BCUT2D eigenvalue weighted by Gasteiger charge is -2.10. The molecule has 0 saturated heterocycles. The molecule has 0 aliphatic heterocycles. The number of nitrogens with zero attached hydrogens (tertiary/aromatic N) is 2. The van der Waals surface area contributed by atoms with Gasteiger partial charge in [-0.25, -0.2) is 18.1 Å². The summed E-state index contributed by atoms with van der Waals surface area (Å²) in [6.45, 7) is 4.10. The number of rotatable bonds is 9. The fourth-order valence-electron chi connectivity index (χ4n) is 2.66. The summed E-state index contributed by atoms with van der Waals surface area (Å²) in [5.74, 6) is -0.214. The minimum Gasteiger partial charge on any atom is -0.323 e. The van der Waals surface area contributed by atoms with Gasteiger partial charge in [-0.3, -0.25) is 4.79 Å². The molecule has 2 aromatic rings. The Morgan fingerprint density at radius 2 is 1.97 bits per heavy atom. The summed E-state index contributed by atoms with van der Waals surface area (Å²) in [5.41, 5.74) is 1.26. The van der Waals surface area contributed by atoms with Gasteiger partial charge < -0.3 is 4.57 Å². The third-order valence-electron chi connectivity index (χ3n) is 4.16. The summed E-state index contributed by atoms with van der Waals surface area (Å²) in [6, 6.07) is 5.16. The summed E-state index contributed by atoms with van der Waals surface area (Å²) in [5, 5.41) is 1.21. The molecule has 158 valence electrons. The molecule has 0 spiro atoms. The number of carbonyl (C=O) groups excluding carboxylic acids is 1. The zero-order valence-corrected chi connectivity index (χ0v) is 19.2. The third-order valence-corrected chi connectivity index (χ3v) is 6.37. The molecule has 10 heteroatoms. The van der Waals surface area contributed by atoms with Gasteiger partial charge in [0.2, 0.25) is 10.0 Å². The summed E-state index contributed by atoms with van der Waals surface area (Å²) in [7, 11) is -3.67. The molecule has 0 radical (unpaired) electrons. The first-order chi connectivity index (χ1) is 13.6. The molecule has 0 fully saturated rings. The lowest BCUT2D eigenvalue weighted by molar-refractivity contribution is -0.114. The Balaban J connectivity index is 2.17. The SMILES string of the molecule is CCCCCS(=O)(=O)NC(=O)C=Cc1c(Cl)nc(C)n1Cc1ccc(Cl)cc1Cl. The van der Waals surface area contributed by atoms with Crippen LogP contribution in [0, 0.1) is 6.92 Å². The smallest absolute Gasteiger partial charge is 0.257 e. The van der Waals surface area contributed by atoms with Crippen molar-refractivity contribution in [3.8, 4) is 0 Å². The van der Waals surface area contributed by atoms with Crippen molar-refractivity contribution in [2.45, 2.75) is 39.7 Å². The number of benzene rings is 1. The quantitative estimate of drug-likeness (QED) is 0.413. The second-order valence-electron chi connectivity index (χ2n) is 6.48. The number of unbranched alkanes of at least 4 members (excludes halogenated alkanes) is 2. The van der Waals surface area contributed by atoms with Crippen LogP contribution in [0.15, 0.2) is 24.3 Å². The van der Waals surface area contributed by atoms with Gasteiger partial charge in [0.25, 0.3) is 5.91 Å². The molecule has 1 aromatic heterocycles. The van der Waals surface area contributed by atoms with E-state index in [4.69, 9.17) is 34.8 Å². The van der Waals surface area contributed by atoms with E-state index in [9.17, 15) is 13.2 Å². The predicted molar refractivity (Wildman–Crippen MR) is 118 cm³/mol. The zero-order valence-electron chi connectivity index (χ0n) is 16.1. The number of imidazole rings is 1. The molecule has 29 heavy (non-hydrogen) atoms. The number of aromatic nitrogens is 2. The summed E-state index contributed by atoms with van der Waals surface area (Å²) in [4.78, 5) is 16.3. The fourth-order valence-corrected chi connectivity index (χ4v) is 4.48. The Bertz CT molecular complexity index is 1020. The lowest BCUT2D eigenvalue weighted by Crippen LogP contribution is -2.31. The van der Waals surface area contributed by atoms with Gasteiger partial charge >= 0.3 is 0 Å². The number of sulfonamides is 1. The molecule has 6 nitrogen and oxygen atoms in total. The highest BCUT2D eigenvalue weighted by molar-refractivity contribution is 7.90. The third kappa shape index (κ3) is 7.03. The van der Waals surface area contributed by atoms with Crippen LogP contribution < -0.4 is 4.72 Å². The second kappa shape index (κ2) is 10.5. The highest BCUT2D eigenvalue weighted by Crippen LogP contribution is 2.25. The minimum atomic E-state index is -3.67. The molecule has 0 unspecified atom stereocenters. The Kier molecular flexibility index (Phi) is 8.58. The Morgan fingerprint density at radius 3 is 2.62 bits per heavy atom. The molecule has 0 saturated carbocycles. The molecule has 0 aliphatic rings. The van der Waals surface area contributed by atoms with Crippen molar-refractivity contribution in [1.82, 2.24) is 14.3 Å². The van der Waals surface area contributed by atoms with E-state index in [1.54, 1.807) is 29.7 Å². The van der Waals surface area contributed by atoms with E-state index in [2.05, 4.69) is 4.98 Å². The highest BCUT2D eigenvalue weighted by atomic mass is 35.5. The molecule has 1 N–H and O–H groups in total. The van der Waals surface area contributed by atoms with E-state index in [0.717, 1.165) is 24.5 Å². The maximum Gasteiger partial charge on any atom is 0.257 e. The topological polar surface area (TPSA) is 81.1 Å². The monoisotopic (exact) mass is 477 g/mol. The largest absolute Gasteiger partial charge is 0.323 e. The number of carbonyl (C=O) groups is 1. The van der Waals surface area contributed by atoms with Crippen LogP contribution in [0.3, 0.4) is 0 Å². The van der Waals surface area contributed by atoms with E-state index in [1.165, 1.54) is 6.08 Å². The molecule has 1 heterocycles. The van der Waals surface area contributed by atoms with Crippen LogP contribution in [0.5, 0.6) is 0 Å². The van der Waals surface area contributed by atoms with Gasteiger partial charge in [0, 0.05) is 16.1 Å². The van der Waals surface area contributed by atoms with Crippen molar-refractivity contribution >= 4 is 56.8 Å². The van der Waals surface area contributed by atoms with Gasteiger partial charge in [-0.1, -0.05) is 60.6 Å². The molecule has 0 bridgehead atoms. The summed E-state index contributed by atoms with van der Waals surface area (Å²) in [6.07, 6.45) is 4.74. The minimum absolute atomic E-state index is 0.0900. The summed E-state index contributed by atoms with van der Waals surface area (Å²) < 4.78 is 27.7. The van der Waals surface area contributed by atoms with Crippen LogP contribution in [0.25, 0.3) is 6.08 Å². The van der Waals surface area contributed by atoms with Crippen molar-refractivity contribution < 1.29 is 13.2 Å². The number of hydrogen-bond acceptors (Lipinski definition) is 4. The number of halogens is 3. The summed E-state index contributed by atoms with van der Waals surface area (Å²) >= 11 is 18.4. The van der Waals surface area contributed by atoms with Crippen LogP contribution >= 0.6 is 34.8 Å². The van der Waals surface area contributed by atoms with E-state index in [-0.39, 0.29) is 10.9 Å². The van der Waals surface area contributed by atoms with Crippen LogP contribution in [0.1, 0.15) is 43.3 Å². The molecule has 1 aromatic carbocycles. The number of nitrogens with one attached hydrogen (secondary N) is 1. The van der Waals surface area contributed by atoms with E-state index < -0.39 is 15.9 Å². The maximum absolute atomic E-state index is 12.1. The van der Waals surface area contributed by atoms with Gasteiger partial charge in [-0.2, -0.15) is 0 Å². The lowest BCUT2D eigenvalue weighted by atomic mass is 10.2. The fraction of sp³-hybridized carbons (Fsp3) is 0.368. The van der Waals surface area contributed by atoms with Crippen molar-refractivity contribution in [3.63, 3.8) is 0 Å². The first kappa shape index (κ1) is 23.7. The normalized spacial score (nSPS) is 11.9. The Morgan fingerprint density at radius 1 is 1.24 bits per heavy atom. The van der Waals surface area contributed by atoms with Crippen LogP contribution in [0.2, 0.25) is 15.2 Å². The molecule has 0 aliphatic carbocycles. The average molecular weight is 479 g/mol. The van der Waals surface area contributed by atoms with Crippen molar-refractivity contribution in [3.05, 3.63) is 56.6 Å². The number of hydrogen-bond donors (Lipinski definition) is 1. The number of aryl methyl sites for hydroxylation is 1. The standard InChI is InChI=1S/C19H22Cl3N3O3S/c1-3-4-5-10-29(27,28)24-18(26)9-8-17-19(22)23-13(2)25(17)12-14-6-7-15(20)11-16(14)21/h6-9,11H,3-5,10,12H2,1-2H3,(H,24,26). The van der Waals surface area contributed by atoms with Crippen LogP contribution in [-0.4, -0.2) is 29.6 Å². The molecule has 2 rings (SSSR count). The van der Waals surface area contributed by atoms with Crippen LogP contribution in [0.4, 0.5) is 0 Å². The molecule has 1 amide bonds. The average Bonchev–Trinajstić information content (AvgIpc) is 2.88. The van der Waals surface area contributed by atoms with Gasteiger partial charge in [0.1, 0.15) is 5.82 Å². The molecular weight excluding hydrogens is 457 g/mol. The number of amides is 1. The highest BCUT2D eigenvalue weighted by Gasteiger charge is 2.15. The Labute approximate surface area is 185 Å². The van der Waals surface area contributed by atoms with Crippen molar-refractivity contribution in [2.24, 2.45) is 0 Å². The first-order valence-electron chi connectivity index (χ1n) is 9.02. The first-order valence-corrected chi connectivity index (χ1v) is 11.8. The van der Waals surface area contributed by atoms with Gasteiger partial charge in [0.15, 0.2) is 5.15 Å². The second-order valence-corrected chi connectivity index (χ2v) is 9.53. The van der Waals surface area contributed by atoms with Gasteiger partial charge in [0.05, 0.1) is 18.0 Å². The van der Waals surface area contributed by atoms with Crippen molar-refractivity contribution in [1.29, 1.82) is 0 Å². The van der Waals surface area contributed by atoms with Crippen LogP contribution in [-0.2, 0) is 21.4 Å². The predicted octanol–water partition coefficient (Wildman–Crippen LogP) is 4.85. The zero-order chi connectivity index (χ0) is 21.6. The molecular formula is C19H22Cl3N3O3S.